The van der Waals surface area contributed by atoms with Crippen LogP contribution < -0.4 is 4.90 Å². The maximum atomic E-state index is 9.78. The molecule has 1 aliphatic rings. The lowest BCUT2D eigenvalue weighted by Gasteiger charge is -2.33. The highest BCUT2D eigenvalue weighted by Crippen LogP contribution is 2.42. The second-order valence-electron chi connectivity index (χ2n) is 8.88. The predicted octanol–water partition coefficient (Wildman–Crippen LogP) is 4.05. The molecule has 5 heterocycles. The highest BCUT2D eigenvalue weighted by molar-refractivity contribution is 7.22. The van der Waals surface area contributed by atoms with Crippen molar-refractivity contribution in [3.8, 4) is 22.2 Å². The first-order valence-electron chi connectivity index (χ1n) is 11.2. The Hall–Kier alpha value is -2.78. The number of aliphatic hydroxyl groups is 1. The zero-order valence-corrected chi connectivity index (χ0v) is 19.8. The number of aliphatic hydroxyl groups excluding tert-OH is 1. The number of fused-ring (bicyclic) bond motifs is 1. The maximum absolute atomic E-state index is 9.78. The van der Waals surface area contributed by atoms with Gasteiger partial charge in [-0.2, -0.15) is 5.10 Å². The van der Waals surface area contributed by atoms with E-state index >= 15 is 0 Å². The van der Waals surface area contributed by atoms with E-state index in [9.17, 15) is 5.11 Å². The molecule has 1 aliphatic heterocycles. The van der Waals surface area contributed by atoms with Crippen molar-refractivity contribution in [1.82, 2.24) is 29.3 Å². The fourth-order valence-electron chi connectivity index (χ4n) is 4.43. The van der Waals surface area contributed by atoms with Crippen molar-refractivity contribution in [3.63, 3.8) is 0 Å². The summed E-state index contributed by atoms with van der Waals surface area (Å²) in [5.41, 5.74) is 2.13. The molecule has 0 aromatic carbocycles. The first-order chi connectivity index (χ1) is 15.5. The van der Waals surface area contributed by atoms with E-state index in [0.717, 1.165) is 63.9 Å². The minimum atomic E-state index is 0.206. The molecule has 9 heteroatoms. The molecule has 0 radical (unpaired) electrons. The zero-order chi connectivity index (χ0) is 22.4. The van der Waals surface area contributed by atoms with Gasteiger partial charge < -0.3 is 14.6 Å². The molecule has 4 aromatic heterocycles. The second-order valence-corrected chi connectivity index (χ2v) is 9.88. The minimum absolute atomic E-state index is 0.206. The molecule has 1 N–H and O–H groups in total. The molecular formula is C23H29N7OS. The van der Waals surface area contributed by atoms with Gasteiger partial charge in [-0.3, -0.25) is 4.68 Å². The van der Waals surface area contributed by atoms with E-state index in [0.29, 0.717) is 11.9 Å². The molecule has 5 rings (SSSR count). The quantitative estimate of drug-likeness (QED) is 0.493. The molecule has 0 aliphatic carbocycles. The summed E-state index contributed by atoms with van der Waals surface area (Å²) in [4.78, 5) is 18.8. The third-order valence-corrected chi connectivity index (χ3v) is 7.45. The van der Waals surface area contributed by atoms with Crippen LogP contribution in [0.3, 0.4) is 0 Å². The number of aromatic nitrogens is 6. The van der Waals surface area contributed by atoms with Crippen LogP contribution in [0.2, 0.25) is 0 Å². The fourth-order valence-corrected chi connectivity index (χ4v) is 5.57. The van der Waals surface area contributed by atoms with Crippen LogP contribution in [0, 0.1) is 12.8 Å². The van der Waals surface area contributed by atoms with Gasteiger partial charge in [0.2, 0.25) is 0 Å². The average molecular weight is 452 g/mol. The Labute approximate surface area is 191 Å². The van der Waals surface area contributed by atoms with E-state index in [1.807, 2.05) is 28.7 Å². The molecule has 0 spiro atoms. The number of anilines is 1. The number of nitrogens with zero attached hydrogens (tertiary/aromatic N) is 7. The fraction of sp³-hybridized carbons (Fsp3) is 0.478. The Bertz CT molecular complexity index is 1250. The number of imidazole rings is 1. The number of thiophene rings is 1. The Morgan fingerprint density at radius 2 is 2.09 bits per heavy atom. The highest BCUT2D eigenvalue weighted by Gasteiger charge is 2.27. The van der Waals surface area contributed by atoms with Crippen LogP contribution in [-0.4, -0.2) is 54.1 Å². The lowest BCUT2D eigenvalue weighted by atomic mass is 9.98. The summed E-state index contributed by atoms with van der Waals surface area (Å²) in [6.07, 6.45) is 7.81. The molecule has 1 atom stereocenters. The van der Waals surface area contributed by atoms with Gasteiger partial charge in [0.05, 0.1) is 10.3 Å². The van der Waals surface area contributed by atoms with Crippen LogP contribution in [0.25, 0.3) is 32.4 Å². The summed E-state index contributed by atoms with van der Waals surface area (Å²) in [6.45, 7) is 8.33. The first kappa shape index (κ1) is 21.1. The number of piperidine rings is 1. The molecule has 32 heavy (non-hydrogen) atoms. The van der Waals surface area contributed by atoms with Gasteiger partial charge in [-0.05, 0) is 51.2 Å². The number of hydrogen-bond acceptors (Lipinski definition) is 7. The molecule has 0 saturated carbocycles. The van der Waals surface area contributed by atoms with Gasteiger partial charge in [0.1, 0.15) is 16.3 Å². The SMILES string of the molecule is Cc1c(-c2ccn(C(C)C)n2)sc2nc(-c3nccn3C)nc(N3CCC[C@@H](CO)C3)c12. The Morgan fingerprint density at radius 3 is 2.78 bits per heavy atom. The van der Waals surface area contributed by atoms with Crippen LogP contribution in [0.5, 0.6) is 0 Å². The van der Waals surface area contributed by atoms with Crippen LogP contribution in [0.15, 0.2) is 24.7 Å². The monoisotopic (exact) mass is 451 g/mol. The molecule has 4 aromatic rings. The zero-order valence-electron chi connectivity index (χ0n) is 19.0. The molecule has 1 saturated heterocycles. The molecule has 8 nitrogen and oxygen atoms in total. The molecule has 0 unspecified atom stereocenters. The molecule has 168 valence electrons. The summed E-state index contributed by atoms with van der Waals surface area (Å²) in [6, 6.07) is 2.39. The van der Waals surface area contributed by atoms with Crippen molar-refractivity contribution in [1.29, 1.82) is 0 Å². The first-order valence-corrected chi connectivity index (χ1v) is 12.0. The van der Waals surface area contributed by atoms with Crippen molar-refractivity contribution < 1.29 is 5.11 Å². The van der Waals surface area contributed by atoms with Crippen molar-refractivity contribution in [2.75, 3.05) is 24.6 Å². The summed E-state index contributed by atoms with van der Waals surface area (Å²) < 4.78 is 3.94. The normalized spacial score (nSPS) is 17.1. The van der Waals surface area contributed by atoms with Crippen LogP contribution in [0.4, 0.5) is 5.82 Å². The van der Waals surface area contributed by atoms with Gasteiger partial charge >= 0.3 is 0 Å². The largest absolute Gasteiger partial charge is 0.396 e. The van der Waals surface area contributed by atoms with Crippen molar-refractivity contribution in [2.45, 2.75) is 39.7 Å². The lowest BCUT2D eigenvalue weighted by Crippen LogP contribution is -2.37. The Morgan fingerprint density at radius 1 is 1.25 bits per heavy atom. The average Bonchev–Trinajstić information content (AvgIpc) is 3.52. The van der Waals surface area contributed by atoms with E-state index in [-0.39, 0.29) is 12.5 Å². The third-order valence-electron chi connectivity index (χ3n) is 6.24. The van der Waals surface area contributed by atoms with E-state index in [2.05, 4.69) is 36.7 Å². The Kier molecular flexibility index (Phi) is 5.46. The van der Waals surface area contributed by atoms with Gasteiger partial charge in [0.25, 0.3) is 0 Å². The third kappa shape index (κ3) is 3.59. The summed E-state index contributed by atoms with van der Waals surface area (Å²) in [5.74, 6) is 2.59. The van der Waals surface area contributed by atoms with E-state index in [4.69, 9.17) is 15.1 Å². The summed E-state index contributed by atoms with van der Waals surface area (Å²) >= 11 is 1.66. The second kappa shape index (κ2) is 8.29. The van der Waals surface area contributed by atoms with E-state index in [1.165, 1.54) is 0 Å². The van der Waals surface area contributed by atoms with Gasteiger partial charge in [0, 0.05) is 51.4 Å². The summed E-state index contributed by atoms with van der Waals surface area (Å²) in [7, 11) is 1.96. The van der Waals surface area contributed by atoms with Gasteiger partial charge in [0.15, 0.2) is 11.6 Å². The van der Waals surface area contributed by atoms with Crippen LogP contribution in [0.1, 0.15) is 38.3 Å². The van der Waals surface area contributed by atoms with Gasteiger partial charge in [-0.25, -0.2) is 15.0 Å². The van der Waals surface area contributed by atoms with E-state index < -0.39 is 0 Å². The number of hydrogen-bond donors (Lipinski definition) is 1. The standard InChI is InChI=1S/C23H29N7OS/c1-14(2)30-10-7-17(27-30)19-15(3)18-21(29-9-5-6-16(12-29)13-31)25-20(26-23(18)32-19)22-24-8-11-28(22)4/h7-8,10-11,14,16,31H,5-6,9,12-13H2,1-4H3/t16-/m1/s1. The van der Waals surface area contributed by atoms with Crippen molar-refractivity contribution in [2.24, 2.45) is 13.0 Å². The Balaban J connectivity index is 1.70. The van der Waals surface area contributed by atoms with Gasteiger partial charge in [-0.1, -0.05) is 0 Å². The predicted molar refractivity (Wildman–Crippen MR) is 128 cm³/mol. The van der Waals surface area contributed by atoms with Crippen molar-refractivity contribution >= 4 is 27.4 Å². The molecule has 1 fully saturated rings. The molecular weight excluding hydrogens is 422 g/mol. The number of aryl methyl sites for hydroxylation is 2. The lowest BCUT2D eigenvalue weighted by molar-refractivity contribution is 0.208. The topological polar surface area (TPSA) is 84.9 Å². The minimum Gasteiger partial charge on any atom is -0.396 e. The highest BCUT2D eigenvalue weighted by atomic mass is 32.1. The summed E-state index contributed by atoms with van der Waals surface area (Å²) in [5, 5.41) is 15.7. The maximum Gasteiger partial charge on any atom is 0.199 e. The van der Waals surface area contributed by atoms with Crippen LogP contribution >= 0.6 is 11.3 Å². The molecule has 0 bridgehead atoms. The number of rotatable bonds is 5. The smallest absolute Gasteiger partial charge is 0.199 e. The van der Waals surface area contributed by atoms with E-state index in [1.54, 1.807) is 17.5 Å². The van der Waals surface area contributed by atoms with Crippen LogP contribution in [-0.2, 0) is 7.05 Å². The molecule has 0 amide bonds. The van der Waals surface area contributed by atoms with Crippen molar-refractivity contribution in [3.05, 3.63) is 30.2 Å². The van der Waals surface area contributed by atoms with Gasteiger partial charge in [-0.15, -0.1) is 11.3 Å².